The maximum Gasteiger partial charge on any atom is 0.308 e. The van der Waals surface area contributed by atoms with Crippen LogP contribution in [0.15, 0.2) is 23.0 Å². The number of methoxy groups -OCH3 is 1. The van der Waals surface area contributed by atoms with Gasteiger partial charge in [-0.05, 0) is 25.0 Å². The second-order valence-electron chi connectivity index (χ2n) is 7.41. The number of esters is 1. The summed E-state index contributed by atoms with van der Waals surface area (Å²) < 4.78 is 12.2. The minimum Gasteiger partial charge on any atom is -0.496 e. The number of hydrogen-bond donors (Lipinski definition) is 1. The van der Waals surface area contributed by atoms with E-state index in [4.69, 9.17) is 9.47 Å². The summed E-state index contributed by atoms with van der Waals surface area (Å²) in [6.07, 6.45) is 5.68. The van der Waals surface area contributed by atoms with Crippen molar-refractivity contribution >= 4 is 17.0 Å². The highest BCUT2D eigenvalue weighted by Gasteiger charge is 2.25. The number of nitrogens with zero attached hydrogens (tertiary/aromatic N) is 3. The van der Waals surface area contributed by atoms with Crippen LogP contribution in [-0.4, -0.2) is 32.8 Å². The molecule has 0 atom stereocenters. The number of rotatable bonds is 4. The van der Waals surface area contributed by atoms with Crippen LogP contribution in [0.3, 0.4) is 0 Å². The fraction of sp³-hybridized carbons (Fsp3) is 0.429. The fourth-order valence-corrected chi connectivity index (χ4v) is 4.07. The molecule has 0 unspecified atom stereocenters. The molecule has 0 spiro atoms. The van der Waals surface area contributed by atoms with Crippen LogP contribution in [0.5, 0.6) is 11.5 Å². The van der Waals surface area contributed by atoms with Crippen LogP contribution in [0.1, 0.15) is 50.6 Å². The van der Waals surface area contributed by atoms with E-state index in [2.05, 4.69) is 15.1 Å². The molecule has 8 nitrogen and oxygen atoms in total. The molecule has 1 fully saturated rings. The first-order chi connectivity index (χ1) is 14.0. The van der Waals surface area contributed by atoms with Crippen molar-refractivity contribution in [3.05, 3.63) is 34.2 Å². The maximum atomic E-state index is 13.0. The van der Waals surface area contributed by atoms with Crippen LogP contribution in [0.4, 0.5) is 0 Å². The lowest BCUT2D eigenvalue weighted by Crippen LogP contribution is -2.13. The number of aromatic nitrogens is 4. The average Bonchev–Trinajstić information content (AvgIpc) is 3.05. The largest absolute Gasteiger partial charge is 0.496 e. The van der Waals surface area contributed by atoms with Crippen LogP contribution in [0.25, 0.3) is 22.4 Å². The van der Waals surface area contributed by atoms with E-state index >= 15 is 0 Å². The van der Waals surface area contributed by atoms with Gasteiger partial charge in [-0.1, -0.05) is 19.3 Å². The monoisotopic (exact) mass is 396 g/mol. The zero-order valence-electron chi connectivity index (χ0n) is 16.8. The summed E-state index contributed by atoms with van der Waals surface area (Å²) >= 11 is 0. The van der Waals surface area contributed by atoms with Crippen molar-refractivity contribution in [2.24, 2.45) is 7.05 Å². The predicted octanol–water partition coefficient (Wildman–Crippen LogP) is 3.31. The van der Waals surface area contributed by atoms with E-state index in [1.807, 2.05) is 7.05 Å². The smallest absolute Gasteiger partial charge is 0.308 e. The van der Waals surface area contributed by atoms with E-state index in [9.17, 15) is 9.59 Å². The van der Waals surface area contributed by atoms with Crippen LogP contribution < -0.4 is 15.0 Å². The number of benzene rings is 1. The molecule has 0 aliphatic heterocycles. The highest BCUT2D eigenvalue weighted by atomic mass is 16.5. The topological polar surface area (TPSA) is 99.1 Å². The molecule has 29 heavy (non-hydrogen) atoms. The molecule has 152 valence electrons. The molecular weight excluding hydrogens is 372 g/mol. The first-order valence-electron chi connectivity index (χ1n) is 9.81. The Labute approximate surface area is 167 Å². The number of carbonyl (C=O) groups is 1. The van der Waals surface area contributed by atoms with Gasteiger partial charge in [-0.3, -0.25) is 9.59 Å². The Kier molecular flexibility index (Phi) is 5.08. The molecule has 1 aliphatic carbocycles. The number of H-pyrrole nitrogens is 1. The average molecular weight is 396 g/mol. The Morgan fingerprint density at radius 3 is 2.69 bits per heavy atom. The first-order valence-corrected chi connectivity index (χ1v) is 9.81. The van der Waals surface area contributed by atoms with Crippen molar-refractivity contribution in [3.8, 4) is 22.9 Å². The maximum absolute atomic E-state index is 13.0. The van der Waals surface area contributed by atoms with E-state index in [-0.39, 0.29) is 5.56 Å². The molecule has 0 radical (unpaired) electrons. The number of carbonyl (C=O) groups excluding carboxylic acids is 1. The minimum absolute atomic E-state index is 0.204. The molecule has 3 aromatic rings. The Balaban J connectivity index is 1.81. The molecule has 1 aromatic carbocycles. The Morgan fingerprint density at radius 1 is 1.24 bits per heavy atom. The number of hydrogen-bond acceptors (Lipinski definition) is 6. The zero-order chi connectivity index (χ0) is 20.5. The van der Waals surface area contributed by atoms with Crippen LogP contribution in [0, 0.1) is 0 Å². The molecule has 2 aromatic heterocycles. The molecule has 0 bridgehead atoms. The molecular formula is C21H24N4O4. The summed E-state index contributed by atoms with van der Waals surface area (Å²) in [5, 5.41) is 5.21. The van der Waals surface area contributed by atoms with Crippen molar-refractivity contribution in [3.63, 3.8) is 0 Å². The first kappa shape index (κ1) is 19.2. The number of fused-ring (bicyclic) bond motifs is 1. The lowest BCUT2D eigenvalue weighted by molar-refractivity contribution is -0.131. The summed E-state index contributed by atoms with van der Waals surface area (Å²) in [5.41, 5.74) is 1.79. The third kappa shape index (κ3) is 3.62. The van der Waals surface area contributed by atoms with Crippen molar-refractivity contribution in [2.45, 2.75) is 44.9 Å². The second-order valence-corrected chi connectivity index (χ2v) is 7.41. The number of ether oxygens (including phenoxy) is 2. The molecule has 0 amide bonds. The van der Waals surface area contributed by atoms with Gasteiger partial charge in [-0.2, -0.15) is 5.10 Å². The molecule has 2 heterocycles. The number of aryl methyl sites for hydroxylation is 1. The van der Waals surface area contributed by atoms with E-state index in [1.54, 1.807) is 22.9 Å². The third-order valence-corrected chi connectivity index (χ3v) is 5.40. The van der Waals surface area contributed by atoms with Gasteiger partial charge < -0.3 is 14.5 Å². The Hall–Kier alpha value is -3.16. The summed E-state index contributed by atoms with van der Waals surface area (Å²) in [4.78, 5) is 31.8. The minimum atomic E-state index is -0.419. The highest BCUT2D eigenvalue weighted by molar-refractivity contribution is 5.81. The summed E-state index contributed by atoms with van der Waals surface area (Å²) in [5.74, 6) is 1.08. The van der Waals surface area contributed by atoms with Gasteiger partial charge in [0.1, 0.15) is 22.7 Å². The Morgan fingerprint density at radius 2 is 2.00 bits per heavy atom. The number of aromatic amines is 1. The lowest BCUT2D eigenvalue weighted by Gasteiger charge is -2.19. The van der Waals surface area contributed by atoms with Crippen LogP contribution in [0.2, 0.25) is 0 Å². The molecule has 4 rings (SSSR count). The van der Waals surface area contributed by atoms with Gasteiger partial charge in [0.05, 0.1) is 18.4 Å². The van der Waals surface area contributed by atoms with E-state index in [0.29, 0.717) is 39.8 Å². The van der Waals surface area contributed by atoms with Gasteiger partial charge in [0.15, 0.2) is 5.65 Å². The fourth-order valence-electron chi connectivity index (χ4n) is 4.07. The van der Waals surface area contributed by atoms with E-state index < -0.39 is 5.97 Å². The van der Waals surface area contributed by atoms with Gasteiger partial charge >= 0.3 is 5.97 Å². The van der Waals surface area contributed by atoms with Gasteiger partial charge in [-0.25, -0.2) is 9.67 Å². The molecule has 8 heteroatoms. The SMILES string of the molecule is COc1cc(OC(C)=O)ccc1-c1nc2c(c(C3CCCCC3)nn2C)c(=O)[nH]1. The molecule has 0 saturated heterocycles. The summed E-state index contributed by atoms with van der Waals surface area (Å²) in [6, 6.07) is 4.94. The van der Waals surface area contributed by atoms with E-state index in [1.165, 1.54) is 20.5 Å². The summed E-state index contributed by atoms with van der Waals surface area (Å²) in [7, 11) is 3.32. The predicted molar refractivity (Wildman–Crippen MR) is 108 cm³/mol. The van der Waals surface area contributed by atoms with Crippen molar-refractivity contribution in [2.75, 3.05) is 7.11 Å². The molecule has 1 saturated carbocycles. The standard InChI is InChI=1S/C21H24N4O4/c1-12(26)29-14-9-10-15(16(11-14)28-3)19-22-20-17(21(27)23-19)18(24-25(20)2)13-7-5-4-6-8-13/h9-11,13H,4-8H2,1-3H3,(H,22,23,27). The summed E-state index contributed by atoms with van der Waals surface area (Å²) in [6.45, 7) is 1.33. The van der Waals surface area contributed by atoms with Crippen LogP contribution >= 0.6 is 0 Å². The zero-order valence-corrected chi connectivity index (χ0v) is 16.8. The van der Waals surface area contributed by atoms with Crippen molar-refractivity contribution in [1.82, 2.24) is 19.7 Å². The number of nitrogens with one attached hydrogen (secondary N) is 1. The normalized spacial score (nSPS) is 14.9. The van der Waals surface area contributed by atoms with Gasteiger partial charge in [0, 0.05) is 26.0 Å². The van der Waals surface area contributed by atoms with E-state index in [0.717, 1.165) is 31.4 Å². The Bertz CT molecular complexity index is 1130. The highest BCUT2D eigenvalue weighted by Crippen LogP contribution is 2.35. The van der Waals surface area contributed by atoms with Crippen molar-refractivity contribution in [1.29, 1.82) is 0 Å². The van der Waals surface area contributed by atoms with Crippen molar-refractivity contribution < 1.29 is 14.3 Å². The van der Waals surface area contributed by atoms with Gasteiger partial charge in [0.2, 0.25) is 0 Å². The third-order valence-electron chi connectivity index (χ3n) is 5.40. The lowest BCUT2D eigenvalue weighted by atomic mass is 9.86. The van der Waals surface area contributed by atoms with Gasteiger partial charge in [0.25, 0.3) is 5.56 Å². The van der Waals surface area contributed by atoms with Crippen LogP contribution in [-0.2, 0) is 11.8 Å². The van der Waals surface area contributed by atoms with Gasteiger partial charge in [-0.15, -0.1) is 0 Å². The molecule has 1 N–H and O–H groups in total. The quantitative estimate of drug-likeness (QED) is 0.537. The second kappa shape index (κ2) is 7.69. The molecule has 1 aliphatic rings.